The Labute approximate surface area is 101 Å². The molecule has 0 fully saturated rings. The third-order valence-corrected chi connectivity index (χ3v) is 2.37. The van der Waals surface area contributed by atoms with Crippen molar-refractivity contribution in [2.24, 2.45) is 9.98 Å². The molecular formula is C12H14ClFN2. The Morgan fingerprint density at radius 2 is 2.19 bits per heavy atom. The standard InChI is InChI=1S/C12H13FN2.ClH/c13-12-6-2-1-4-10(12)8-14-9-11-5-3-7-15-11;/h1-2,4,6,8H,3,5,7,9H2;1H. The molecule has 0 spiro atoms. The summed E-state index contributed by atoms with van der Waals surface area (Å²) in [5.74, 6) is -0.227. The first-order chi connectivity index (χ1) is 7.36. The van der Waals surface area contributed by atoms with Crippen LogP contribution in [0.2, 0.25) is 0 Å². The van der Waals surface area contributed by atoms with Crippen molar-refractivity contribution >= 4 is 24.3 Å². The molecule has 0 aromatic heterocycles. The normalized spacial score (nSPS) is 14.9. The van der Waals surface area contributed by atoms with Crippen molar-refractivity contribution in [1.82, 2.24) is 0 Å². The summed E-state index contributed by atoms with van der Waals surface area (Å²) in [6, 6.07) is 6.63. The van der Waals surface area contributed by atoms with E-state index in [0.29, 0.717) is 12.1 Å². The summed E-state index contributed by atoms with van der Waals surface area (Å²) < 4.78 is 13.2. The zero-order chi connectivity index (χ0) is 10.5. The number of nitrogens with zero attached hydrogens (tertiary/aromatic N) is 2. The Morgan fingerprint density at radius 1 is 1.38 bits per heavy atom. The quantitative estimate of drug-likeness (QED) is 0.726. The average Bonchev–Trinajstić information content (AvgIpc) is 2.74. The summed E-state index contributed by atoms with van der Waals surface area (Å²) in [6.45, 7) is 1.53. The number of aliphatic imine (C=N–C) groups is 2. The van der Waals surface area contributed by atoms with Crippen molar-refractivity contribution in [2.45, 2.75) is 12.8 Å². The molecule has 2 rings (SSSR count). The van der Waals surface area contributed by atoms with E-state index >= 15 is 0 Å². The van der Waals surface area contributed by atoms with E-state index in [1.54, 1.807) is 24.4 Å². The number of benzene rings is 1. The molecule has 0 bridgehead atoms. The monoisotopic (exact) mass is 240 g/mol. The lowest BCUT2D eigenvalue weighted by molar-refractivity contribution is 0.626. The Morgan fingerprint density at radius 3 is 2.88 bits per heavy atom. The van der Waals surface area contributed by atoms with Gasteiger partial charge in [0.1, 0.15) is 5.82 Å². The van der Waals surface area contributed by atoms with Crippen molar-refractivity contribution in [1.29, 1.82) is 0 Å². The first-order valence-electron chi connectivity index (χ1n) is 5.13. The van der Waals surface area contributed by atoms with Crippen molar-refractivity contribution in [2.75, 3.05) is 13.1 Å². The van der Waals surface area contributed by atoms with E-state index in [1.165, 1.54) is 6.07 Å². The lowest BCUT2D eigenvalue weighted by atomic mass is 10.2. The lowest BCUT2D eigenvalue weighted by Crippen LogP contribution is -1.99. The SMILES string of the molecule is Cl.Fc1ccccc1C=NCC1=NCCC1. The molecule has 0 unspecified atom stereocenters. The summed E-state index contributed by atoms with van der Waals surface area (Å²) in [7, 11) is 0. The van der Waals surface area contributed by atoms with Crippen LogP contribution < -0.4 is 0 Å². The van der Waals surface area contributed by atoms with Crippen LogP contribution in [0, 0.1) is 5.82 Å². The molecule has 1 aromatic carbocycles. The molecule has 0 atom stereocenters. The van der Waals surface area contributed by atoms with Crippen molar-refractivity contribution < 1.29 is 4.39 Å². The molecular weight excluding hydrogens is 227 g/mol. The van der Waals surface area contributed by atoms with Gasteiger partial charge in [0, 0.05) is 24.0 Å². The van der Waals surface area contributed by atoms with Crippen LogP contribution in [0.4, 0.5) is 4.39 Å². The first-order valence-corrected chi connectivity index (χ1v) is 5.13. The van der Waals surface area contributed by atoms with Gasteiger partial charge in [-0.25, -0.2) is 4.39 Å². The molecule has 86 valence electrons. The molecule has 4 heteroatoms. The molecule has 2 nitrogen and oxygen atoms in total. The molecule has 0 radical (unpaired) electrons. The largest absolute Gasteiger partial charge is 0.292 e. The van der Waals surface area contributed by atoms with Gasteiger partial charge in [-0.05, 0) is 18.9 Å². The van der Waals surface area contributed by atoms with Crippen LogP contribution >= 0.6 is 12.4 Å². The predicted octanol–water partition coefficient (Wildman–Crippen LogP) is 2.90. The Kier molecular flexibility index (Phi) is 5.12. The second-order valence-electron chi connectivity index (χ2n) is 3.54. The summed E-state index contributed by atoms with van der Waals surface area (Å²) in [5.41, 5.74) is 1.67. The van der Waals surface area contributed by atoms with E-state index in [1.807, 2.05) is 0 Å². The fourth-order valence-corrected chi connectivity index (χ4v) is 1.56. The Hall–Kier alpha value is -1.22. The van der Waals surface area contributed by atoms with Gasteiger partial charge in [0.2, 0.25) is 0 Å². The fourth-order valence-electron chi connectivity index (χ4n) is 1.56. The van der Waals surface area contributed by atoms with Gasteiger partial charge in [-0.1, -0.05) is 18.2 Å². The van der Waals surface area contributed by atoms with Crippen LogP contribution in [-0.2, 0) is 0 Å². The van der Waals surface area contributed by atoms with Crippen molar-refractivity contribution in [3.8, 4) is 0 Å². The fraction of sp³-hybridized carbons (Fsp3) is 0.333. The highest BCUT2D eigenvalue weighted by atomic mass is 35.5. The number of hydrogen-bond donors (Lipinski definition) is 0. The minimum Gasteiger partial charge on any atom is -0.292 e. The second kappa shape index (κ2) is 6.38. The zero-order valence-electron chi connectivity index (χ0n) is 8.90. The van der Waals surface area contributed by atoms with Crippen LogP contribution in [-0.4, -0.2) is 25.0 Å². The van der Waals surface area contributed by atoms with E-state index in [9.17, 15) is 4.39 Å². The van der Waals surface area contributed by atoms with E-state index in [0.717, 1.165) is 25.1 Å². The number of halogens is 2. The molecule has 0 saturated heterocycles. The van der Waals surface area contributed by atoms with Gasteiger partial charge in [0.25, 0.3) is 0 Å². The molecule has 0 aliphatic carbocycles. The van der Waals surface area contributed by atoms with Gasteiger partial charge in [-0.3, -0.25) is 9.98 Å². The summed E-state index contributed by atoms with van der Waals surface area (Å²) in [4.78, 5) is 8.49. The minimum absolute atomic E-state index is 0. The van der Waals surface area contributed by atoms with E-state index in [-0.39, 0.29) is 18.2 Å². The second-order valence-corrected chi connectivity index (χ2v) is 3.54. The zero-order valence-corrected chi connectivity index (χ0v) is 9.71. The maximum Gasteiger partial charge on any atom is 0.131 e. The summed E-state index contributed by atoms with van der Waals surface area (Å²) in [6.07, 6.45) is 3.75. The van der Waals surface area contributed by atoms with E-state index < -0.39 is 0 Å². The molecule has 1 heterocycles. The van der Waals surface area contributed by atoms with Crippen LogP contribution in [0.1, 0.15) is 18.4 Å². The average molecular weight is 241 g/mol. The minimum atomic E-state index is -0.227. The summed E-state index contributed by atoms with van der Waals surface area (Å²) in [5, 5.41) is 0. The molecule has 1 aliphatic heterocycles. The van der Waals surface area contributed by atoms with E-state index in [4.69, 9.17) is 0 Å². The first kappa shape index (κ1) is 12.8. The third kappa shape index (κ3) is 3.42. The van der Waals surface area contributed by atoms with Gasteiger partial charge in [-0.15, -0.1) is 12.4 Å². The highest BCUT2D eigenvalue weighted by molar-refractivity contribution is 5.90. The van der Waals surface area contributed by atoms with Crippen molar-refractivity contribution in [3.63, 3.8) is 0 Å². The highest BCUT2D eigenvalue weighted by Gasteiger charge is 2.04. The van der Waals surface area contributed by atoms with Gasteiger partial charge in [-0.2, -0.15) is 0 Å². The molecule has 0 amide bonds. The predicted molar refractivity (Wildman–Crippen MR) is 67.6 cm³/mol. The summed E-state index contributed by atoms with van der Waals surface area (Å²) >= 11 is 0. The lowest BCUT2D eigenvalue weighted by Gasteiger charge is -1.95. The van der Waals surface area contributed by atoms with Gasteiger partial charge < -0.3 is 0 Å². The molecule has 16 heavy (non-hydrogen) atoms. The molecule has 1 aromatic rings. The topological polar surface area (TPSA) is 24.7 Å². The number of rotatable bonds is 3. The number of hydrogen-bond acceptors (Lipinski definition) is 2. The van der Waals surface area contributed by atoms with Gasteiger partial charge in [0.15, 0.2) is 0 Å². The van der Waals surface area contributed by atoms with E-state index in [2.05, 4.69) is 9.98 Å². The van der Waals surface area contributed by atoms with Gasteiger partial charge >= 0.3 is 0 Å². The Balaban J connectivity index is 0.00000128. The van der Waals surface area contributed by atoms with Crippen LogP contribution in [0.3, 0.4) is 0 Å². The van der Waals surface area contributed by atoms with Crippen LogP contribution in [0.25, 0.3) is 0 Å². The smallest absolute Gasteiger partial charge is 0.131 e. The van der Waals surface area contributed by atoms with Crippen LogP contribution in [0.5, 0.6) is 0 Å². The van der Waals surface area contributed by atoms with Crippen molar-refractivity contribution in [3.05, 3.63) is 35.6 Å². The highest BCUT2D eigenvalue weighted by Crippen LogP contribution is 2.05. The molecule has 0 N–H and O–H groups in total. The maximum absolute atomic E-state index is 13.2. The molecule has 0 saturated carbocycles. The molecule has 1 aliphatic rings. The maximum atomic E-state index is 13.2. The van der Waals surface area contributed by atoms with Gasteiger partial charge in [0.05, 0.1) is 6.54 Å². The third-order valence-electron chi connectivity index (χ3n) is 2.37. The van der Waals surface area contributed by atoms with Crippen LogP contribution in [0.15, 0.2) is 34.3 Å². The Bertz CT molecular complexity index is 402.